The van der Waals surface area contributed by atoms with Gasteiger partial charge in [-0.15, -0.1) is 0 Å². The Hall–Kier alpha value is -2.46. The number of aromatic nitrogens is 3. The molecule has 1 saturated carbocycles. The van der Waals surface area contributed by atoms with Crippen molar-refractivity contribution in [3.63, 3.8) is 0 Å². The fourth-order valence-electron chi connectivity index (χ4n) is 3.32. The maximum atomic E-state index is 11.0. The fraction of sp³-hybridized carbons (Fsp3) is 0.529. The first-order chi connectivity index (χ1) is 11.7. The van der Waals surface area contributed by atoms with Gasteiger partial charge in [-0.3, -0.25) is 4.98 Å². The lowest BCUT2D eigenvalue weighted by molar-refractivity contribution is 0.0193. The molecule has 4 rings (SSSR count). The summed E-state index contributed by atoms with van der Waals surface area (Å²) in [6.07, 6.45) is 7.38. The van der Waals surface area contributed by atoms with Gasteiger partial charge in [0.25, 0.3) is 0 Å². The molecule has 0 aromatic carbocycles. The van der Waals surface area contributed by atoms with Crippen LogP contribution >= 0.6 is 0 Å². The first-order valence-corrected chi connectivity index (χ1v) is 8.31. The second-order valence-electron chi connectivity index (χ2n) is 6.75. The van der Waals surface area contributed by atoms with E-state index >= 15 is 0 Å². The maximum absolute atomic E-state index is 11.0. The lowest BCUT2D eigenvalue weighted by atomic mass is 9.89. The molecule has 2 aromatic heterocycles. The summed E-state index contributed by atoms with van der Waals surface area (Å²) in [5.41, 5.74) is 0.402. The van der Waals surface area contributed by atoms with Crippen molar-refractivity contribution in [1.29, 1.82) is 5.26 Å². The van der Waals surface area contributed by atoms with Crippen molar-refractivity contribution in [3.8, 4) is 6.07 Å². The van der Waals surface area contributed by atoms with Gasteiger partial charge in [0, 0.05) is 25.2 Å². The molecule has 1 saturated heterocycles. The summed E-state index contributed by atoms with van der Waals surface area (Å²) in [5.74, 6) is 1.70. The number of pyridine rings is 1. The Bertz CT molecular complexity index is 779. The number of piperidine rings is 1. The summed E-state index contributed by atoms with van der Waals surface area (Å²) in [4.78, 5) is 10.6. The predicted molar refractivity (Wildman–Crippen MR) is 85.3 cm³/mol. The zero-order valence-electron chi connectivity index (χ0n) is 13.4. The van der Waals surface area contributed by atoms with E-state index in [0.717, 1.165) is 37.3 Å². The van der Waals surface area contributed by atoms with E-state index in [0.29, 0.717) is 36.8 Å². The predicted octanol–water partition coefficient (Wildman–Crippen LogP) is 1.79. The molecule has 7 nitrogen and oxygen atoms in total. The summed E-state index contributed by atoms with van der Waals surface area (Å²) in [7, 11) is 0. The highest BCUT2D eigenvalue weighted by atomic mass is 16.5. The van der Waals surface area contributed by atoms with Crippen molar-refractivity contribution in [3.05, 3.63) is 35.7 Å². The van der Waals surface area contributed by atoms with Crippen LogP contribution in [0.3, 0.4) is 0 Å². The van der Waals surface area contributed by atoms with E-state index < -0.39 is 5.60 Å². The number of nitrogens with zero attached hydrogens (tertiary/aromatic N) is 5. The molecule has 24 heavy (non-hydrogen) atoms. The zero-order chi connectivity index (χ0) is 16.6. The molecule has 124 valence electrons. The summed E-state index contributed by atoms with van der Waals surface area (Å²) in [6, 6.07) is 3.89. The highest BCUT2D eigenvalue weighted by molar-refractivity contribution is 5.58. The standard InChI is InChI=1S/C17H19N5O2/c18-9-13-4-6-19-10-14(13)22-7-1-5-17(23,11-22)8-15-20-16(21-24-15)12-2-3-12/h4,6,10,12,23H,1-3,5,7-8,11H2. The van der Waals surface area contributed by atoms with Gasteiger partial charge in [0.15, 0.2) is 5.82 Å². The molecule has 0 bridgehead atoms. The third kappa shape index (κ3) is 2.97. The van der Waals surface area contributed by atoms with E-state index in [1.54, 1.807) is 18.5 Å². The average Bonchev–Trinajstić information content (AvgIpc) is 3.35. The summed E-state index contributed by atoms with van der Waals surface area (Å²) in [5, 5.41) is 24.3. The van der Waals surface area contributed by atoms with Gasteiger partial charge in [-0.05, 0) is 31.7 Å². The molecule has 0 radical (unpaired) electrons. The average molecular weight is 325 g/mol. The van der Waals surface area contributed by atoms with Crippen molar-refractivity contribution in [1.82, 2.24) is 15.1 Å². The van der Waals surface area contributed by atoms with Crippen molar-refractivity contribution in [2.75, 3.05) is 18.0 Å². The molecule has 0 spiro atoms. The monoisotopic (exact) mass is 325 g/mol. The van der Waals surface area contributed by atoms with Crippen LogP contribution in [0.15, 0.2) is 23.0 Å². The summed E-state index contributed by atoms with van der Waals surface area (Å²) in [6.45, 7) is 1.22. The second-order valence-corrected chi connectivity index (χ2v) is 6.75. The molecular formula is C17H19N5O2. The molecule has 0 amide bonds. The number of anilines is 1. The molecule has 1 atom stereocenters. The quantitative estimate of drug-likeness (QED) is 0.914. The Balaban J connectivity index is 1.51. The lowest BCUT2D eigenvalue weighted by Crippen LogP contribution is -2.50. The molecule has 2 aromatic rings. The minimum absolute atomic E-state index is 0.339. The number of rotatable bonds is 4. The van der Waals surface area contributed by atoms with Gasteiger partial charge < -0.3 is 14.5 Å². The Morgan fingerprint density at radius 3 is 3.12 bits per heavy atom. The van der Waals surface area contributed by atoms with E-state index in [9.17, 15) is 10.4 Å². The number of nitriles is 1. The van der Waals surface area contributed by atoms with Crippen molar-refractivity contribution in [2.24, 2.45) is 0 Å². The van der Waals surface area contributed by atoms with E-state index in [1.165, 1.54) is 0 Å². The van der Waals surface area contributed by atoms with Gasteiger partial charge >= 0.3 is 0 Å². The van der Waals surface area contributed by atoms with Gasteiger partial charge in [-0.25, -0.2) is 0 Å². The van der Waals surface area contributed by atoms with Crippen molar-refractivity contribution < 1.29 is 9.63 Å². The Morgan fingerprint density at radius 1 is 1.46 bits per heavy atom. The van der Waals surface area contributed by atoms with Crippen LogP contribution in [0.1, 0.15) is 48.9 Å². The highest BCUT2D eigenvalue weighted by Gasteiger charge is 2.37. The maximum Gasteiger partial charge on any atom is 0.229 e. The van der Waals surface area contributed by atoms with Crippen LogP contribution in [0.4, 0.5) is 5.69 Å². The third-order valence-electron chi connectivity index (χ3n) is 4.72. The lowest BCUT2D eigenvalue weighted by Gasteiger charge is -2.39. The normalized spacial score (nSPS) is 23.9. The molecule has 2 fully saturated rings. The van der Waals surface area contributed by atoms with Crippen LogP contribution in [0.5, 0.6) is 0 Å². The topological polar surface area (TPSA) is 99.1 Å². The minimum Gasteiger partial charge on any atom is -0.388 e. The van der Waals surface area contributed by atoms with Crippen LogP contribution in [0.2, 0.25) is 0 Å². The van der Waals surface area contributed by atoms with Gasteiger partial charge in [0.05, 0.1) is 29.5 Å². The van der Waals surface area contributed by atoms with E-state index in [-0.39, 0.29) is 0 Å². The summed E-state index contributed by atoms with van der Waals surface area (Å²) >= 11 is 0. The van der Waals surface area contributed by atoms with Crippen LogP contribution in [0, 0.1) is 11.3 Å². The molecule has 1 N–H and O–H groups in total. The second kappa shape index (κ2) is 5.87. The van der Waals surface area contributed by atoms with Crippen LogP contribution in [-0.4, -0.2) is 38.9 Å². The zero-order valence-corrected chi connectivity index (χ0v) is 13.4. The molecule has 1 aliphatic heterocycles. The Morgan fingerprint density at radius 2 is 2.33 bits per heavy atom. The molecule has 1 unspecified atom stereocenters. The van der Waals surface area contributed by atoms with E-state index in [2.05, 4.69) is 21.2 Å². The Labute approximate surface area is 139 Å². The van der Waals surface area contributed by atoms with E-state index in [1.807, 2.05) is 4.90 Å². The van der Waals surface area contributed by atoms with Crippen molar-refractivity contribution in [2.45, 2.75) is 43.6 Å². The largest absolute Gasteiger partial charge is 0.388 e. The highest BCUT2D eigenvalue weighted by Crippen LogP contribution is 2.38. The van der Waals surface area contributed by atoms with Crippen molar-refractivity contribution >= 4 is 5.69 Å². The minimum atomic E-state index is -0.936. The molecule has 7 heteroatoms. The van der Waals surface area contributed by atoms with Crippen LogP contribution in [0.25, 0.3) is 0 Å². The van der Waals surface area contributed by atoms with E-state index in [4.69, 9.17) is 4.52 Å². The van der Waals surface area contributed by atoms with Gasteiger partial charge in [0.1, 0.15) is 6.07 Å². The molecular weight excluding hydrogens is 306 g/mol. The summed E-state index contributed by atoms with van der Waals surface area (Å²) < 4.78 is 5.32. The molecule has 1 aliphatic carbocycles. The number of aliphatic hydroxyl groups is 1. The van der Waals surface area contributed by atoms with Crippen LogP contribution < -0.4 is 4.90 Å². The number of β-amino-alcohol motifs (C(OH)–C–C–N with tert-alkyl or cyclic N) is 1. The fourth-order valence-corrected chi connectivity index (χ4v) is 3.32. The Kier molecular flexibility index (Phi) is 3.69. The number of hydrogen-bond donors (Lipinski definition) is 1. The molecule has 2 aliphatic rings. The molecule has 3 heterocycles. The SMILES string of the molecule is N#Cc1ccncc1N1CCCC(O)(Cc2nc(C3CC3)no2)C1. The van der Waals surface area contributed by atoms with Crippen LogP contribution in [-0.2, 0) is 6.42 Å². The third-order valence-corrected chi connectivity index (χ3v) is 4.72. The first kappa shape index (κ1) is 15.1. The first-order valence-electron chi connectivity index (χ1n) is 8.31. The van der Waals surface area contributed by atoms with Gasteiger partial charge in [0.2, 0.25) is 5.89 Å². The number of hydrogen-bond acceptors (Lipinski definition) is 7. The van der Waals surface area contributed by atoms with Gasteiger partial charge in [-0.2, -0.15) is 10.2 Å². The smallest absolute Gasteiger partial charge is 0.229 e. The van der Waals surface area contributed by atoms with Gasteiger partial charge in [-0.1, -0.05) is 5.16 Å².